The summed E-state index contributed by atoms with van der Waals surface area (Å²) in [5.41, 5.74) is -0.197. The summed E-state index contributed by atoms with van der Waals surface area (Å²) in [5.74, 6) is 1.02. The number of hydrogen-bond acceptors (Lipinski definition) is 2. The maximum absolute atomic E-state index is 9.27. The van der Waals surface area contributed by atoms with Crippen molar-refractivity contribution in [2.75, 3.05) is 13.2 Å². The van der Waals surface area contributed by atoms with Gasteiger partial charge in [0.2, 0.25) is 0 Å². The fourth-order valence-electron chi connectivity index (χ4n) is 2.64. The van der Waals surface area contributed by atoms with Crippen LogP contribution in [0, 0.1) is 17.3 Å². The Morgan fingerprint density at radius 2 is 1.92 bits per heavy atom. The predicted molar refractivity (Wildman–Crippen MR) is 46.6 cm³/mol. The van der Waals surface area contributed by atoms with Crippen molar-refractivity contribution in [3.8, 4) is 0 Å². The first-order chi connectivity index (χ1) is 5.80. The molecule has 2 heteroatoms. The van der Waals surface area contributed by atoms with E-state index in [0.29, 0.717) is 11.8 Å². The third-order valence-electron chi connectivity index (χ3n) is 3.55. The second-order valence-corrected chi connectivity index (χ2v) is 4.21. The van der Waals surface area contributed by atoms with Gasteiger partial charge in [0.05, 0.1) is 13.2 Å². The summed E-state index contributed by atoms with van der Waals surface area (Å²) >= 11 is 0. The molecular weight excluding hydrogens is 152 g/mol. The summed E-state index contributed by atoms with van der Waals surface area (Å²) in [5, 5.41) is 18.5. The Morgan fingerprint density at radius 3 is 2.17 bits per heavy atom. The van der Waals surface area contributed by atoms with E-state index < -0.39 is 0 Å². The minimum atomic E-state index is -0.197. The number of hydrogen-bond donors (Lipinski definition) is 2. The quantitative estimate of drug-likeness (QED) is 0.602. The molecule has 0 aliphatic heterocycles. The molecule has 1 fully saturated rings. The average molecular weight is 168 g/mol. The zero-order valence-electron chi connectivity index (χ0n) is 7.24. The van der Waals surface area contributed by atoms with Crippen LogP contribution in [-0.4, -0.2) is 23.4 Å². The van der Waals surface area contributed by atoms with Gasteiger partial charge in [0.15, 0.2) is 0 Å². The van der Waals surface area contributed by atoms with E-state index in [2.05, 4.69) is 12.2 Å². The molecule has 0 radical (unpaired) electrons. The van der Waals surface area contributed by atoms with Crippen LogP contribution in [0.15, 0.2) is 12.2 Å². The number of aliphatic hydroxyl groups is 2. The van der Waals surface area contributed by atoms with Crippen LogP contribution in [0.2, 0.25) is 0 Å². The van der Waals surface area contributed by atoms with Crippen molar-refractivity contribution in [2.24, 2.45) is 17.3 Å². The SMILES string of the molecule is OCC1(CO)CC2C=CC1CC2. The van der Waals surface area contributed by atoms with Crippen molar-refractivity contribution in [1.29, 1.82) is 0 Å². The molecule has 0 aromatic carbocycles. The summed E-state index contributed by atoms with van der Waals surface area (Å²) in [6.07, 6.45) is 7.79. The molecule has 1 saturated carbocycles. The molecule has 12 heavy (non-hydrogen) atoms. The summed E-state index contributed by atoms with van der Waals surface area (Å²) in [4.78, 5) is 0. The molecule has 0 heterocycles. The molecule has 2 nitrogen and oxygen atoms in total. The molecule has 0 amide bonds. The third kappa shape index (κ3) is 1.02. The molecule has 0 aromatic rings. The fourth-order valence-corrected chi connectivity index (χ4v) is 2.64. The van der Waals surface area contributed by atoms with Gasteiger partial charge < -0.3 is 10.2 Å². The highest BCUT2D eigenvalue weighted by atomic mass is 16.3. The Bertz CT molecular complexity index is 194. The fraction of sp³-hybridized carbons (Fsp3) is 0.800. The molecule has 2 N–H and O–H groups in total. The summed E-state index contributed by atoms with van der Waals surface area (Å²) in [6, 6.07) is 0. The smallest absolute Gasteiger partial charge is 0.0515 e. The van der Waals surface area contributed by atoms with Gasteiger partial charge >= 0.3 is 0 Å². The van der Waals surface area contributed by atoms with Crippen LogP contribution in [0.3, 0.4) is 0 Å². The van der Waals surface area contributed by atoms with Crippen LogP contribution >= 0.6 is 0 Å². The highest BCUT2D eigenvalue weighted by Crippen LogP contribution is 2.48. The van der Waals surface area contributed by atoms with E-state index in [1.165, 1.54) is 6.42 Å². The van der Waals surface area contributed by atoms with Crippen LogP contribution in [0.4, 0.5) is 0 Å². The van der Waals surface area contributed by atoms with E-state index >= 15 is 0 Å². The van der Waals surface area contributed by atoms with Gasteiger partial charge in [-0.1, -0.05) is 12.2 Å². The monoisotopic (exact) mass is 168 g/mol. The zero-order valence-corrected chi connectivity index (χ0v) is 7.24. The van der Waals surface area contributed by atoms with Gasteiger partial charge in [0.25, 0.3) is 0 Å². The van der Waals surface area contributed by atoms with Gasteiger partial charge in [-0.25, -0.2) is 0 Å². The van der Waals surface area contributed by atoms with Crippen molar-refractivity contribution in [2.45, 2.75) is 19.3 Å². The van der Waals surface area contributed by atoms with Crippen molar-refractivity contribution >= 4 is 0 Å². The number of allylic oxidation sites excluding steroid dienone is 2. The highest BCUT2D eigenvalue weighted by Gasteiger charge is 2.43. The van der Waals surface area contributed by atoms with Crippen LogP contribution in [0.25, 0.3) is 0 Å². The van der Waals surface area contributed by atoms with Gasteiger partial charge in [-0.05, 0) is 31.1 Å². The lowest BCUT2D eigenvalue weighted by atomic mass is 9.60. The Hall–Kier alpha value is -0.340. The molecule has 2 unspecified atom stereocenters. The second-order valence-electron chi connectivity index (χ2n) is 4.21. The van der Waals surface area contributed by atoms with E-state index in [1.54, 1.807) is 0 Å². The van der Waals surface area contributed by atoms with Crippen molar-refractivity contribution in [3.63, 3.8) is 0 Å². The van der Waals surface area contributed by atoms with Crippen LogP contribution in [-0.2, 0) is 0 Å². The highest BCUT2D eigenvalue weighted by molar-refractivity contribution is 5.11. The van der Waals surface area contributed by atoms with Crippen LogP contribution in [0.1, 0.15) is 19.3 Å². The van der Waals surface area contributed by atoms with E-state index in [4.69, 9.17) is 0 Å². The van der Waals surface area contributed by atoms with E-state index in [0.717, 1.165) is 12.8 Å². The first-order valence-electron chi connectivity index (χ1n) is 4.71. The van der Waals surface area contributed by atoms with Crippen LogP contribution in [0.5, 0.6) is 0 Å². The average Bonchev–Trinajstić information content (AvgIpc) is 2.19. The van der Waals surface area contributed by atoms with Gasteiger partial charge in [-0.3, -0.25) is 0 Å². The molecule has 3 aliphatic rings. The largest absolute Gasteiger partial charge is 0.396 e. The molecule has 3 aliphatic carbocycles. The number of rotatable bonds is 2. The summed E-state index contributed by atoms with van der Waals surface area (Å²) in [7, 11) is 0. The maximum Gasteiger partial charge on any atom is 0.0515 e. The number of fused-ring (bicyclic) bond motifs is 2. The first-order valence-corrected chi connectivity index (χ1v) is 4.71. The van der Waals surface area contributed by atoms with Crippen molar-refractivity contribution in [3.05, 3.63) is 12.2 Å². The summed E-state index contributed by atoms with van der Waals surface area (Å²) in [6.45, 7) is 0.268. The Balaban J connectivity index is 2.23. The first kappa shape index (κ1) is 8.27. The summed E-state index contributed by atoms with van der Waals surface area (Å²) < 4.78 is 0. The Kier molecular flexibility index (Phi) is 1.97. The molecule has 0 saturated heterocycles. The molecule has 2 atom stereocenters. The standard InChI is InChI=1S/C10H16O2/c11-6-10(7-12)5-8-1-3-9(10)4-2-8/h1,3,8-9,11-12H,2,4-7H2. The van der Waals surface area contributed by atoms with Gasteiger partial charge in [-0.15, -0.1) is 0 Å². The lowest BCUT2D eigenvalue weighted by molar-refractivity contribution is -0.0258. The molecule has 3 rings (SSSR count). The van der Waals surface area contributed by atoms with Crippen LogP contribution < -0.4 is 0 Å². The van der Waals surface area contributed by atoms with Crippen molar-refractivity contribution in [1.82, 2.24) is 0 Å². The molecule has 68 valence electrons. The lowest BCUT2D eigenvalue weighted by Gasteiger charge is -2.46. The topological polar surface area (TPSA) is 40.5 Å². The van der Waals surface area contributed by atoms with E-state index in [1.807, 2.05) is 0 Å². The molecule has 0 spiro atoms. The predicted octanol–water partition coefficient (Wildman–Crippen LogP) is 0.944. The Morgan fingerprint density at radius 1 is 1.17 bits per heavy atom. The lowest BCUT2D eigenvalue weighted by Crippen LogP contribution is -2.44. The Labute approximate surface area is 72.9 Å². The van der Waals surface area contributed by atoms with Gasteiger partial charge in [0, 0.05) is 5.41 Å². The maximum atomic E-state index is 9.27. The third-order valence-corrected chi connectivity index (χ3v) is 3.55. The minimum Gasteiger partial charge on any atom is -0.396 e. The van der Waals surface area contributed by atoms with Crippen molar-refractivity contribution < 1.29 is 10.2 Å². The van der Waals surface area contributed by atoms with Gasteiger partial charge in [-0.2, -0.15) is 0 Å². The molecule has 2 bridgehead atoms. The van der Waals surface area contributed by atoms with E-state index in [9.17, 15) is 10.2 Å². The molecule has 0 aromatic heterocycles. The van der Waals surface area contributed by atoms with Gasteiger partial charge in [0.1, 0.15) is 0 Å². The second kappa shape index (κ2) is 2.86. The number of aliphatic hydroxyl groups excluding tert-OH is 2. The molecular formula is C10H16O2. The zero-order chi connectivity index (χ0) is 8.60. The van der Waals surface area contributed by atoms with E-state index in [-0.39, 0.29) is 18.6 Å². The minimum absolute atomic E-state index is 0.134. The normalized spacial score (nSPS) is 37.2.